The minimum absolute atomic E-state index is 0.0758. The number of carbonyl (C=O) groups excluding carboxylic acids is 1. The summed E-state index contributed by atoms with van der Waals surface area (Å²) >= 11 is 0. The standard InChI is InChI=1S/C21H35N5O/c1-4-9-26-15-21(7-11-24(3)12-8-21)13-19(26)20(27)25-10-6-18-16(14-25)17(5-2)22-23-18/h19H,4-15H2,1-3H3,(H,22,23). The average molecular weight is 374 g/mol. The number of piperidine rings is 1. The summed E-state index contributed by atoms with van der Waals surface area (Å²) in [5.41, 5.74) is 3.99. The van der Waals surface area contributed by atoms with Crippen molar-refractivity contribution in [1.82, 2.24) is 24.9 Å². The van der Waals surface area contributed by atoms with Gasteiger partial charge in [-0.2, -0.15) is 5.10 Å². The third-order valence-electron chi connectivity index (χ3n) is 7.11. The third-order valence-corrected chi connectivity index (χ3v) is 7.11. The van der Waals surface area contributed by atoms with Crippen LogP contribution in [0.5, 0.6) is 0 Å². The van der Waals surface area contributed by atoms with Gasteiger partial charge in [0.1, 0.15) is 0 Å². The van der Waals surface area contributed by atoms with Crippen LogP contribution in [0.1, 0.15) is 56.5 Å². The highest BCUT2D eigenvalue weighted by atomic mass is 16.2. The molecule has 0 aromatic carbocycles. The van der Waals surface area contributed by atoms with Crippen LogP contribution in [0.3, 0.4) is 0 Å². The Kier molecular flexibility index (Phi) is 5.30. The minimum Gasteiger partial charge on any atom is -0.336 e. The molecule has 1 N–H and O–H groups in total. The van der Waals surface area contributed by atoms with Crippen molar-refractivity contribution in [2.75, 3.05) is 39.8 Å². The van der Waals surface area contributed by atoms with E-state index in [2.05, 4.69) is 45.8 Å². The molecule has 3 aliphatic rings. The van der Waals surface area contributed by atoms with E-state index in [4.69, 9.17) is 0 Å². The summed E-state index contributed by atoms with van der Waals surface area (Å²) in [5, 5.41) is 7.63. The topological polar surface area (TPSA) is 55.5 Å². The largest absolute Gasteiger partial charge is 0.336 e. The number of amides is 1. The van der Waals surface area contributed by atoms with Crippen LogP contribution < -0.4 is 0 Å². The molecule has 0 bridgehead atoms. The summed E-state index contributed by atoms with van der Waals surface area (Å²) < 4.78 is 0. The normalized spacial score (nSPS) is 25.9. The zero-order chi connectivity index (χ0) is 19.0. The maximum Gasteiger partial charge on any atom is 0.240 e. The lowest BCUT2D eigenvalue weighted by atomic mass is 9.76. The molecule has 1 spiro atoms. The molecule has 1 aromatic heterocycles. The Hall–Kier alpha value is -1.40. The fourth-order valence-electron chi connectivity index (χ4n) is 5.41. The molecule has 2 saturated heterocycles. The van der Waals surface area contributed by atoms with Gasteiger partial charge in [0.25, 0.3) is 0 Å². The fourth-order valence-corrected chi connectivity index (χ4v) is 5.41. The van der Waals surface area contributed by atoms with Crippen LogP contribution in [-0.4, -0.2) is 76.6 Å². The van der Waals surface area contributed by atoms with Gasteiger partial charge in [-0.1, -0.05) is 13.8 Å². The van der Waals surface area contributed by atoms with E-state index in [0.29, 0.717) is 11.3 Å². The molecule has 0 radical (unpaired) electrons. The molecule has 4 rings (SSSR count). The maximum absolute atomic E-state index is 13.6. The molecule has 3 aliphatic heterocycles. The summed E-state index contributed by atoms with van der Waals surface area (Å²) in [4.78, 5) is 20.6. The molecule has 27 heavy (non-hydrogen) atoms. The Balaban J connectivity index is 1.50. The third kappa shape index (κ3) is 3.54. The molecule has 0 aliphatic carbocycles. The Bertz CT molecular complexity index is 663. The van der Waals surface area contributed by atoms with Gasteiger partial charge in [0, 0.05) is 37.3 Å². The van der Waals surface area contributed by atoms with E-state index >= 15 is 0 Å². The van der Waals surface area contributed by atoms with E-state index in [9.17, 15) is 4.79 Å². The van der Waals surface area contributed by atoms with Gasteiger partial charge in [-0.3, -0.25) is 14.8 Å². The summed E-state index contributed by atoms with van der Waals surface area (Å²) in [6, 6.07) is 0.0758. The lowest BCUT2D eigenvalue weighted by molar-refractivity contribution is -0.137. The van der Waals surface area contributed by atoms with Crippen LogP contribution >= 0.6 is 0 Å². The number of aromatic nitrogens is 2. The first-order valence-corrected chi connectivity index (χ1v) is 10.8. The SMILES string of the molecule is CCCN1CC2(CCN(C)CC2)CC1C(=O)N1CCc2[nH]nc(CC)c2C1. The smallest absolute Gasteiger partial charge is 0.240 e. The molecule has 2 fully saturated rings. The molecule has 6 heteroatoms. The molecule has 1 amide bonds. The zero-order valence-corrected chi connectivity index (χ0v) is 17.3. The summed E-state index contributed by atoms with van der Waals surface area (Å²) in [6.45, 7) is 10.4. The molecule has 4 heterocycles. The predicted molar refractivity (Wildman–Crippen MR) is 107 cm³/mol. The van der Waals surface area contributed by atoms with Gasteiger partial charge in [-0.25, -0.2) is 0 Å². The van der Waals surface area contributed by atoms with Crippen molar-refractivity contribution in [2.45, 2.75) is 65.0 Å². The number of hydrogen-bond donors (Lipinski definition) is 1. The number of H-pyrrole nitrogens is 1. The zero-order valence-electron chi connectivity index (χ0n) is 17.3. The molecule has 6 nitrogen and oxygen atoms in total. The lowest BCUT2D eigenvalue weighted by Crippen LogP contribution is -2.47. The van der Waals surface area contributed by atoms with Crippen molar-refractivity contribution in [1.29, 1.82) is 0 Å². The van der Waals surface area contributed by atoms with Crippen LogP contribution in [0.2, 0.25) is 0 Å². The van der Waals surface area contributed by atoms with Gasteiger partial charge in [-0.15, -0.1) is 0 Å². The number of hydrogen-bond acceptors (Lipinski definition) is 4. The molecule has 1 atom stereocenters. The van der Waals surface area contributed by atoms with Crippen molar-refractivity contribution < 1.29 is 4.79 Å². The Morgan fingerprint density at radius 2 is 2.04 bits per heavy atom. The number of nitrogens with one attached hydrogen (secondary N) is 1. The first-order valence-electron chi connectivity index (χ1n) is 10.8. The Labute approximate surface area is 163 Å². The average Bonchev–Trinajstić information content (AvgIpc) is 3.25. The highest BCUT2D eigenvalue weighted by Gasteiger charge is 2.48. The molecule has 1 unspecified atom stereocenters. The van der Waals surface area contributed by atoms with Crippen molar-refractivity contribution in [3.05, 3.63) is 17.0 Å². The van der Waals surface area contributed by atoms with Crippen LogP contribution in [0, 0.1) is 5.41 Å². The molecule has 150 valence electrons. The first kappa shape index (κ1) is 18.9. The second-order valence-electron chi connectivity index (χ2n) is 8.98. The van der Waals surface area contributed by atoms with E-state index in [1.54, 1.807) is 0 Å². The number of rotatable bonds is 4. The Morgan fingerprint density at radius 3 is 2.74 bits per heavy atom. The summed E-state index contributed by atoms with van der Waals surface area (Å²) in [7, 11) is 2.22. The maximum atomic E-state index is 13.6. The van der Waals surface area contributed by atoms with Crippen LogP contribution in [0.25, 0.3) is 0 Å². The predicted octanol–water partition coefficient (Wildman–Crippen LogP) is 2.05. The molecule has 0 saturated carbocycles. The quantitative estimate of drug-likeness (QED) is 0.878. The van der Waals surface area contributed by atoms with Gasteiger partial charge in [0.2, 0.25) is 5.91 Å². The Morgan fingerprint density at radius 1 is 1.26 bits per heavy atom. The second-order valence-corrected chi connectivity index (χ2v) is 8.98. The van der Waals surface area contributed by atoms with E-state index < -0.39 is 0 Å². The number of aryl methyl sites for hydroxylation is 1. The van der Waals surface area contributed by atoms with E-state index in [-0.39, 0.29) is 6.04 Å². The minimum atomic E-state index is 0.0758. The fraction of sp³-hybridized carbons (Fsp3) is 0.810. The van der Waals surface area contributed by atoms with Crippen LogP contribution in [0.15, 0.2) is 0 Å². The van der Waals surface area contributed by atoms with Crippen molar-refractivity contribution >= 4 is 5.91 Å². The molecular formula is C21H35N5O. The van der Waals surface area contributed by atoms with Gasteiger partial charge in [0.15, 0.2) is 0 Å². The second kappa shape index (κ2) is 7.55. The number of carbonyl (C=O) groups is 1. The van der Waals surface area contributed by atoms with E-state index in [1.165, 1.54) is 37.2 Å². The van der Waals surface area contributed by atoms with Crippen LogP contribution in [-0.2, 0) is 24.2 Å². The van der Waals surface area contributed by atoms with Gasteiger partial charge < -0.3 is 9.80 Å². The number of fused-ring (bicyclic) bond motifs is 1. The van der Waals surface area contributed by atoms with E-state index in [0.717, 1.165) is 57.6 Å². The summed E-state index contributed by atoms with van der Waals surface area (Å²) in [6.07, 6.45) is 6.47. The highest BCUT2D eigenvalue weighted by molar-refractivity contribution is 5.82. The number of likely N-dealkylation sites (tertiary alicyclic amines) is 2. The monoisotopic (exact) mass is 373 g/mol. The molecule has 1 aromatic rings. The van der Waals surface area contributed by atoms with Gasteiger partial charge in [0.05, 0.1) is 11.7 Å². The van der Waals surface area contributed by atoms with Crippen molar-refractivity contribution in [3.63, 3.8) is 0 Å². The number of nitrogens with zero attached hydrogens (tertiary/aromatic N) is 4. The summed E-state index contributed by atoms with van der Waals surface area (Å²) in [5.74, 6) is 0.355. The van der Waals surface area contributed by atoms with Gasteiger partial charge in [-0.05, 0) is 64.2 Å². The van der Waals surface area contributed by atoms with E-state index in [1.807, 2.05) is 0 Å². The van der Waals surface area contributed by atoms with Crippen LogP contribution in [0.4, 0.5) is 0 Å². The van der Waals surface area contributed by atoms with Gasteiger partial charge >= 0.3 is 0 Å². The molecular weight excluding hydrogens is 338 g/mol. The van der Waals surface area contributed by atoms with Crippen molar-refractivity contribution in [2.24, 2.45) is 5.41 Å². The number of aromatic amines is 1. The highest BCUT2D eigenvalue weighted by Crippen LogP contribution is 2.44. The lowest BCUT2D eigenvalue weighted by Gasteiger charge is -2.37. The first-order chi connectivity index (χ1) is 13.0. The van der Waals surface area contributed by atoms with Crippen molar-refractivity contribution in [3.8, 4) is 0 Å².